The standard InChI is InChI=1S/C27H23ClFNO2S/c28-21-11-17(12-22(29)16-21)13-24-15-19-4-2-6-25(26(19)33-24)18-3-1-5-20(14-18)27(31)30-23-7-9-32-10-8-23/h1-6,11-12,14-16,23H,7-10,13H2,(H,30,31). The van der Waals surface area contributed by atoms with E-state index in [2.05, 4.69) is 23.5 Å². The second-order valence-electron chi connectivity index (χ2n) is 8.33. The number of rotatable bonds is 5. The predicted octanol–water partition coefficient (Wildman–Crippen LogP) is 6.86. The lowest BCUT2D eigenvalue weighted by Crippen LogP contribution is -2.38. The van der Waals surface area contributed by atoms with Crippen LogP contribution in [0.2, 0.25) is 5.02 Å². The molecular weight excluding hydrogens is 457 g/mol. The van der Waals surface area contributed by atoms with E-state index in [0.717, 1.165) is 44.5 Å². The van der Waals surface area contributed by atoms with E-state index < -0.39 is 0 Å². The Morgan fingerprint density at radius 3 is 2.70 bits per heavy atom. The Hall–Kier alpha value is -2.73. The van der Waals surface area contributed by atoms with Gasteiger partial charge in [-0.2, -0.15) is 0 Å². The molecular formula is C27H23ClFNO2S. The Balaban J connectivity index is 1.42. The molecule has 1 aliphatic rings. The molecule has 3 nitrogen and oxygen atoms in total. The molecule has 5 rings (SSSR count). The molecule has 3 aromatic carbocycles. The van der Waals surface area contributed by atoms with E-state index in [9.17, 15) is 9.18 Å². The first kappa shape index (κ1) is 22.1. The third-order valence-electron chi connectivity index (χ3n) is 5.89. The van der Waals surface area contributed by atoms with Crippen molar-refractivity contribution in [1.82, 2.24) is 5.32 Å². The summed E-state index contributed by atoms with van der Waals surface area (Å²) in [7, 11) is 0. The number of hydrogen-bond acceptors (Lipinski definition) is 3. The van der Waals surface area contributed by atoms with Crippen LogP contribution in [0.25, 0.3) is 21.2 Å². The largest absolute Gasteiger partial charge is 0.381 e. The van der Waals surface area contributed by atoms with E-state index >= 15 is 0 Å². The average Bonchev–Trinajstić information content (AvgIpc) is 3.21. The monoisotopic (exact) mass is 479 g/mol. The summed E-state index contributed by atoms with van der Waals surface area (Å²) in [6.45, 7) is 1.38. The molecule has 1 N–H and O–H groups in total. The van der Waals surface area contributed by atoms with E-state index in [1.165, 1.54) is 12.1 Å². The number of benzene rings is 3. The second kappa shape index (κ2) is 9.64. The van der Waals surface area contributed by atoms with Crippen LogP contribution in [0.15, 0.2) is 66.7 Å². The van der Waals surface area contributed by atoms with Gasteiger partial charge in [0, 0.05) is 45.8 Å². The first-order valence-corrected chi connectivity index (χ1v) is 12.2. The summed E-state index contributed by atoms with van der Waals surface area (Å²) in [5, 5.41) is 4.67. The molecule has 4 aromatic rings. The van der Waals surface area contributed by atoms with Crippen LogP contribution in [0.5, 0.6) is 0 Å². The number of thiophene rings is 1. The van der Waals surface area contributed by atoms with Gasteiger partial charge >= 0.3 is 0 Å². The van der Waals surface area contributed by atoms with Crippen LogP contribution in [0.3, 0.4) is 0 Å². The van der Waals surface area contributed by atoms with Crippen molar-refractivity contribution in [2.75, 3.05) is 13.2 Å². The average molecular weight is 480 g/mol. The molecule has 0 radical (unpaired) electrons. The van der Waals surface area contributed by atoms with Crippen molar-refractivity contribution >= 4 is 38.9 Å². The maximum atomic E-state index is 13.8. The maximum Gasteiger partial charge on any atom is 0.251 e. The topological polar surface area (TPSA) is 38.3 Å². The van der Waals surface area contributed by atoms with Gasteiger partial charge in [-0.05, 0) is 71.3 Å². The van der Waals surface area contributed by atoms with Gasteiger partial charge < -0.3 is 10.1 Å². The molecule has 1 fully saturated rings. The van der Waals surface area contributed by atoms with Gasteiger partial charge in [-0.15, -0.1) is 11.3 Å². The molecule has 0 atom stereocenters. The predicted molar refractivity (Wildman–Crippen MR) is 133 cm³/mol. The van der Waals surface area contributed by atoms with Gasteiger partial charge in [-0.25, -0.2) is 4.39 Å². The highest BCUT2D eigenvalue weighted by Gasteiger charge is 2.18. The summed E-state index contributed by atoms with van der Waals surface area (Å²) in [5.41, 5.74) is 3.59. The normalized spacial score (nSPS) is 14.5. The highest BCUT2D eigenvalue weighted by atomic mass is 35.5. The lowest BCUT2D eigenvalue weighted by atomic mass is 10.0. The van der Waals surface area contributed by atoms with Gasteiger partial charge in [-0.3, -0.25) is 4.79 Å². The van der Waals surface area contributed by atoms with Crippen molar-refractivity contribution in [1.29, 1.82) is 0 Å². The highest BCUT2D eigenvalue weighted by molar-refractivity contribution is 7.19. The zero-order valence-electron chi connectivity index (χ0n) is 17.9. The van der Waals surface area contributed by atoms with Crippen LogP contribution in [0.4, 0.5) is 4.39 Å². The number of halogens is 2. The number of fused-ring (bicyclic) bond motifs is 1. The Kier molecular flexibility index (Phi) is 6.45. The lowest BCUT2D eigenvalue weighted by molar-refractivity contribution is 0.0696. The highest BCUT2D eigenvalue weighted by Crippen LogP contribution is 2.36. The first-order chi connectivity index (χ1) is 16.0. The van der Waals surface area contributed by atoms with Gasteiger partial charge in [0.25, 0.3) is 5.91 Å². The number of carbonyl (C=O) groups excluding carboxylic acids is 1. The molecule has 0 saturated carbocycles. The summed E-state index contributed by atoms with van der Waals surface area (Å²) in [4.78, 5) is 14.0. The first-order valence-electron chi connectivity index (χ1n) is 11.0. The van der Waals surface area contributed by atoms with E-state index in [-0.39, 0.29) is 17.8 Å². The minimum absolute atomic E-state index is 0.0502. The fourth-order valence-electron chi connectivity index (χ4n) is 4.28. The Morgan fingerprint density at radius 2 is 1.88 bits per heavy atom. The van der Waals surface area contributed by atoms with Crippen molar-refractivity contribution in [2.24, 2.45) is 0 Å². The third kappa shape index (κ3) is 5.11. The maximum absolute atomic E-state index is 13.8. The summed E-state index contributed by atoms with van der Waals surface area (Å²) in [6.07, 6.45) is 2.31. The lowest BCUT2D eigenvalue weighted by Gasteiger charge is -2.23. The fraction of sp³-hybridized carbons (Fsp3) is 0.222. The molecule has 33 heavy (non-hydrogen) atoms. The van der Waals surface area contributed by atoms with Crippen LogP contribution in [-0.2, 0) is 11.2 Å². The molecule has 1 aromatic heterocycles. The van der Waals surface area contributed by atoms with Crippen molar-refractivity contribution in [3.8, 4) is 11.1 Å². The summed E-state index contributed by atoms with van der Waals surface area (Å²) in [5.74, 6) is -0.374. The zero-order valence-corrected chi connectivity index (χ0v) is 19.5. The van der Waals surface area contributed by atoms with Gasteiger partial charge in [0.1, 0.15) is 5.82 Å². The quantitative estimate of drug-likeness (QED) is 0.339. The SMILES string of the molecule is O=C(NC1CCOCC1)c1cccc(-c2cccc3cc(Cc4cc(F)cc(Cl)c4)sc23)c1. The van der Waals surface area contributed by atoms with Crippen molar-refractivity contribution in [2.45, 2.75) is 25.3 Å². The molecule has 1 saturated heterocycles. The van der Waals surface area contributed by atoms with Gasteiger partial charge in [-0.1, -0.05) is 41.9 Å². The Labute approximate surface area is 201 Å². The number of nitrogens with one attached hydrogen (secondary N) is 1. The molecule has 2 heterocycles. The number of ether oxygens (including phenoxy) is 1. The number of hydrogen-bond donors (Lipinski definition) is 1. The van der Waals surface area contributed by atoms with E-state index in [4.69, 9.17) is 16.3 Å². The smallest absolute Gasteiger partial charge is 0.251 e. The summed E-state index contributed by atoms with van der Waals surface area (Å²) >= 11 is 7.71. The second-order valence-corrected chi connectivity index (χ2v) is 9.91. The summed E-state index contributed by atoms with van der Waals surface area (Å²) in [6, 6.07) is 20.9. The molecule has 0 bridgehead atoms. The van der Waals surface area contributed by atoms with Crippen molar-refractivity contribution < 1.29 is 13.9 Å². The van der Waals surface area contributed by atoms with Crippen molar-refractivity contribution in [3.63, 3.8) is 0 Å². The van der Waals surface area contributed by atoms with Crippen LogP contribution in [0, 0.1) is 5.82 Å². The van der Waals surface area contributed by atoms with Gasteiger partial charge in [0.15, 0.2) is 0 Å². The zero-order chi connectivity index (χ0) is 22.8. The molecule has 1 aliphatic heterocycles. The Bertz CT molecular complexity index is 1290. The molecule has 0 aliphatic carbocycles. The number of amides is 1. The summed E-state index contributed by atoms with van der Waals surface area (Å²) < 4.78 is 20.3. The fourth-order valence-corrected chi connectivity index (χ4v) is 5.76. The Morgan fingerprint density at radius 1 is 1.06 bits per heavy atom. The van der Waals surface area contributed by atoms with Crippen LogP contribution >= 0.6 is 22.9 Å². The third-order valence-corrected chi connectivity index (χ3v) is 7.29. The van der Waals surface area contributed by atoms with E-state index in [0.29, 0.717) is 30.2 Å². The molecule has 1 amide bonds. The van der Waals surface area contributed by atoms with Gasteiger partial charge in [0.05, 0.1) is 0 Å². The molecule has 0 unspecified atom stereocenters. The molecule has 168 valence electrons. The van der Waals surface area contributed by atoms with Crippen LogP contribution in [-0.4, -0.2) is 25.2 Å². The van der Waals surface area contributed by atoms with Crippen LogP contribution in [0.1, 0.15) is 33.6 Å². The van der Waals surface area contributed by atoms with E-state index in [1.807, 2.05) is 30.3 Å². The molecule has 0 spiro atoms. The molecule has 6 heteroatoms. The van der Waals surface area contributed by atoms with Gasteiger partial charge in [0.2, 0.25) is 0 Å². The van der Waals surface area contributed by atoms with Crippen LogP contribution < -0.4 is 5.32 Å². The van der Waals surface area contributed by atoms with E-state index in [1.54, 1.807) is 17.4 Å². The number of carbonyl (C=O) groups is 1. The minimum atomic E-state index is -0.324. The van der Waals surface area contributed by atoms with Crippen molar-refractivity contribution in [3.05, 3.63) is 93.6 Å². The minimum Gasteiger partial charge on any atom is -0.381 e.